The summed E-state index contributed by atoms with van der Waals surface area (Å²) in [5, 5.41) is 9.02. The first-order chi connectivity index (χ1) is 9.20. The van der Waals surface area contributed by atoms with Gasteiger partial charge in [-0.1, -0.05) is 25.0 Å². The number of amides is 1. The Kier molecular flexibility index (Phi) is 6.62. The topological polar surface area (TPSA) is 70.1 Å². The van der Waals surface area contributed by atoms with Crippen LogP contribution in [0, 0.1) is 11.3 Å². The van der Waals surface area contributed by atoms with Crippen molar-refractivity contribution in [2.45, 2.75) is 32.1 Å². The Labute approximate surface area is 114 Å². The highest BCUT2D eigenvalue weighted by atomic mass is 16.2. The third-order valence-electron chi connectivity index (χ3n) is 3.10. The molecule has 1 amide bonds. The molecule has 1 aromatic rings. The van der Waals surface area contributed by atoms with Gasteiger partial charge >= 0.3 is 0 Å². The van der Waals surface area contributed by atoms with Gasteiger partial charge in [0.1, 0.15) is 6.07 Å². The number of hydrogen-bond donors (Lipinski definition) is 1. The zero-order valence-corrected chi connectivity index (χ0v) is 11.4. The van der Waals surface area contributed by atoms with E-state index in [1.807, 2.05) is 6.07 Å². The monoisotopic (exact) mass is 259 g/mol. The number of rotatable bonds is 7. The van der Waals surface area contributed by atoms with Crippen LogP contribution >= 0.6 is 0 Å². The molecule has 0 radical (unpaired) electrons. The number of nitrogens with zero attached hydrogens (tertiary/aromatic N) is 2. The number of nitriles is 1. The summed E-state index contributed by atoms with van der Waals surface area (Å²) in [5.41, 5.74) is 6.63. The second kappa shape index (κ2) is 8.28. The van der Waals surface area contributed by atoms with Crippen LogP contribution in [-0.4, -0.2) is 19.5 Å². The molecular weight excluding hydrogens is 238 g/mol. The van der Waals surface area contributed by atoms with Gasteiger partial charge in [-0.15, -0.1) is 0 Å². The summed E-state index contributed by atoms with van der Waals surface area (Å²) in [7, 11) is 1.72. The van der Waals surface area contributed by atoms with E-state index in [-0.39, 0.29) is 5.91 Å². The molecule has 102 valence electrons. The van der Waals surface area contributed by atoms with Crippen molar-refractivity contribution in [2.24, 2.45) is 5.73 Å². The highest BCUT2D eigenvalue weighted by Gasteiger charge is 2.13. The Bertz CT molecular complexity index is 451. The number of anilines is 1. The second-order valence-electron chi connectivity index (χ2n) is 4.53. The van der Waals surface area contributed by atoms with Gasteiger partial charge in [-0.3, -0.25) is 4.79 Å². The van der Waals surface area contributed by atoms with Gasteiger partial charge in [0.2, 0.25) is 5.91 Å². The molecule has 0 spiro atoms. The number of carbonyl (C=O) groups is 1. The van der Waals surface area contributed by atoms with Gasteiger partial charge in [0, 0.05) is 13.5 Å². The summed E-state index contributed by atoms with van der Waals surface area (Å²) in [6, 6.07) is 9.26. The molecule has 0 aliphatic carbocycles. The number of nitrogens with two attached hydrogens (primary N) is 1. The molecule has 0 aliphatic heterocycles. The van der Waals surface area contributed by atoms with Crippen molar-refractivity contribution in [3.05, 3.63) is 29.8 Å². The average Bonchev–Trinajstić information content (AvgIpc) is 2.46. The van der Waals surface area contributed by atoms with E-state index in [1.54, 1.807) is 30.1 Å². The standard InChI is InChI=1S/C15H21N3O/c1-18(14-9-6-5-8-13(14)12-17)15(19)10-4-2-3-7-11-16/h5-6,8-9H,2-4,7,10-11,16H2,1H3. The molecule has 2 N–H and O–H groups in total. The Morgan fingerprint density at radius 1 is 1.26 bits per heavy atom. The quantitative estimate of drug-likeness (QED) is 0.764. The Morgan fingerprint density at radius 3 is 2.63 bits per heavy atom. The van der Waals surface area contributed by atoms with Crippen LogP contribution in [0.15, 0.2) is 24.3 Å². The van der Waals surface area contributed by atoms with Crippen molar-refractivity contribution in [1.82, 2.24) is 0 Å². The molecule has 0 fully saturated rings. The molecule has 19 heavy (non-hydrogen) atoms. The minimum Gasteiger partial charge on any atom is -0.330 e. The number of unbranched alkanes of at least 4 members (excludes halogenated alkanes) is 3. The molecular formula is C15H21N3O. The maximum Gasteiger partial charge on any atom is 0.226 e. The van der Waals surface area contributed by atoms with Crippen molar-refractivity contribution in [3.8, 4) is 6.07 Å². The van der Waals surface area contributed by atoms with Crippen LogP contribution in [0.3, 0.4) is 0 Å². The summed E-state index contributed by atoms with van der Waals surface area (Å²) in [4.78, 5) is 13.6. The molecule has 0 atom stereocenters. The molecule has 0 aliphatic rings. The number of hydrogen-bond acceptors (Lipinski definition) is 3. The third kappa shape index (κ3) is 4.72. The molecule has 0 bridgehead atoms. The van der Waals surface area contributed by atoms with Crippen molar-refractivity contribution >= 4 is 11.6 Å². The van der Waals surface area contributed by atoms with Gasteiger partial charge < -0.3 is 10.6 Å². The maximum atomic E-state index is 12.0. The molecule has 0 heterocycles. The van der Waals surface area contributed by atoms with Crippen LogP contribution in [0.4, 0.5) is 5.69 Å². The lowest BCUT2D eigenvalue weighted by Gasteiger charge is -2.18. The van der Waals surface area contributed by atoms with Gasteiger partial charge in [0.25, 0.3) is 0 Å². The fourth-order valence-electron chi connectivity index (χ4n) is 1.94. The van der Waals surface area contributed by atoms with E-state index in [0.717, 1.165) is 25.7 Å². The minimum atomic E-state index is 0.0513. The molecule has 0 saturated heterocycles. The van der Waals surface area contributed by atoms with E-state index >= 15 is 0 Å². The van der Waals surface area contributed by atoms with E-state index in [1.165, 1.54) is 0 Å². The fourth-order valence-corrected chi connectivity index (χ4v) is 1.94. The lowest BCUT2D eigenvalue weighted by molar-refractivity contribution is -0.118. The van der Waals surface area contributed by atoms with Crippen LogP contribution in [0.1, 0.15) is 37.7 Å². The first-order valence-electron chi connectivity index (χ1n) is 6.66. The van der Waals surface area contributed by atoms with Gasteiger partial charge in [0.15, 0.2) is 0 Å². The van der Waals surface area contributed by atoms with Gasteiger partial charge in [0.05, 0.1) is 11.3 Å². The summed E-state index contributed by atoms with van der Waals surface area (Å²) in [5.74, 6) is 0.0513. The van der Waals surface area contributed by atoms with Crippen LogP contribution in [0.2, 0.25) is 0 Å². The summed E-state index contributed by atoms with van der Waals surface area (Å²) < 4.78 is 0. The van der Waals surface area contributed by atoms with Crippen LogP contribution in [0.25, 0.3) is 0 Å². The van der Waals surface area contributed by atoms with Crippen molar-refractivity contribution in [2.75, 3.05) is 18.5 Å². The first-order valence-corrected chi connectivity index (χ1v) is 6.66. The van der Waals surface area contributed by atoms with Crippen LogP contribution < -0.4 is 10.6 Å². The predicted octanol–water partition coefficient (Wildman–Crippen LogP) is 2.43. The van der Waals surface area contributed by atoms with Gasteiger partial charge in [-0.05, 0) is 31.5 Å². The van der Waals surface area contributed by atoms with E-state index in [0.29, 0.717) is 24.2 Å². The number of carbonyl (C=O) groups excluding carboxylic acids is 1. The molecule has 1 rings (SSSR count). The molecule has 0 aromatic heterocycles. The molecule has 4 heteroatoms. The molecule has 0 saturated carbocycles. The Morgan fingerprint density at radius 2 is 1.95 bits per heavy atom. The van der Waals surface area contributed by atoms with Crippen LogP contribution in [-0.2, 0) is 4.79 Å². The second-order valence-corrected chi connectivity index (χ2v) is 4.53. The largest absolute Gasteiger partial charge is 0.330 e. The lowest BCUT2D eigenvalue weighted by atomic mass is 10.1. The number of para-hydroxylation sites is 1. The van der Waals surface area contributed by atoms with E-state index in [9.17, 15) is 4.79 Å². The minimum absolute atomic E-state index is 0.0513. The smallest absolute Gasteiger partial charge is 0.226 e. The van der Waals surface area contributed by atoms with Crippen molar-refractivity contribution in [1.29, 1.82) is 5.26 Å². The van der Waals surface area contributed by atoms with Gasteiger partial charge in [-0.2, -0.15) is 5.26 Å². The normalized spacial score (nSPS) is 9.95. The zero-order valence-electron chi connectivity index (χ0n) is 11.4. The number of benzene rings is 1. The van der Waals surface area contributed by atoms with E-state index in [4.69, 9.17) is 11.0 Å². The molecule has 4 nitrogen and oxygen atoms in total. The van der Waals surface area contributed by atoms with Crippen LogP contribution in [0.5, 0.6) is 0 Å². The maximum absolute atomic E-state index is 12.0. The zero-order chi connectivity index (χ0) is 14.1. The Hall–Kier alpha value is -1.86. The fraction of sp³-hybridized carbons (Fsp3) is 0.467. The first kappa shape index (κ1) is 15.2. The van der Waals surface area contributed by atoms with E-state index in [2.05, 4.69) is 6.07 Å². The third-order valence-corrected chi connectivity index (χ3v) is 3.10. The summed E-state index contributed by atoms with van der Waals surface area (Å²) >= 11 is 0. The summed E-state index contributed by atoms with van der Waals surface area (Å²) in [6.45, 7) is 0.712. The van der Waals surface area contributed by atoms with Crippen molar-refractivity contribution < 1.29 is 4.79 Å². The van der Waals surface area contributed by atoms with Gasteiger partial charge in [-0.25, -0.2) is 0 Å². The highest BCUT2D eigenvalue weighted by Crippen LogP contribution is 2.19. The molecule has 1 aromatic carbocycles. The van der Waals surface area contributed by atoms with E-state index < -0.39 is 0 Å². The SMILES string of the molecule is CN(C(=O)CCCCCCN)c1ccccc1C#N. The summed E-state index contributed by atoms with van der Waals surface area (Å²) in [6.07, 6.45) is 4.50. The highest BCUT2D eigenvalue weighted by molar-refractivity contribution is 5.94. The Balaban J connectivity index is 2.50. The lowest BCUT2D eigenvalue weighted by Crippen LogP contribution is -2.26. The molecule has 0 unspecified atom stereocenters. The average molecular weight is 259 g/mol. The predicted molar refractivity (Wildman–Crippen MR) is 76.7 cm³/mol. The van der Waals surface area contributed by atoms with Crippen molar-refractivity contribution in [3.63, 3.8) is 0 Å².